The zero-order valence-electron chi connectivity index (χ0n) is 16.6. The molecule has 2 heterocycles. The Morgan fingerprint density at radius 1 is 1.14 bits per heavy atom. The summed E-state index contributed by atoms with van der Waals surface area (Å²) in [6, 6.07) is 15.2. The monoisotopic (exact) mass is 389 g/mol. The van der Waals surface area contributed by atoms with Crippen LogP contribution in [-0.4, -0.2) is 38.4 Å². The largest absolute Gasteiger partial charge is 0.312 e. The van der Waals surface area contributed by atoms with Crippen LogP contribution in [0.2, 0.25) is 0 Å². The Hall–Kier alpha value is -3.35. The molecule has 0 aliphatic carbocycles. The molecule has 1 amide bonds. The quantitative estimate of drug-likeness (QED) is 0.603. The van der Waals surface area contributed by atoms with Crippen LogP contribution in [0.25, 0.3) is 11.4 Å². The molecule has 1 aliphatic rings. The summed E-state index contributed by atoms with van der Waals surface area (Å²) < 4.78 is 0. The summed E-state index contributed by atoms with van der Waals surface area (Å²) in [5.41, 5.74) is 3.40. The minimum Gasteiger partial charge on any atom is -0.312 e. The average Bonchev–Trinajstić information content (AvgIpc) is 3.37. The van der Waals surface area contributed by atoms with Gasteiger partial charge in [0.2, 0.25) is 11.7 Å². The van der Waals surface area contributed by atoms with Gasteiger partial charge in [-0.3, -0.25) is 9.59 Å². The topological polar surface area (TPSA) is 81.0 Å². The van der Waals surface area contributed by atoms with E-state index in [1.54, 1.807) is 23.1 Å². The van der Waals surface area contributed by atoms with Crippen LogP contribution in [0.4, 0.5) is 5.69 Å². The molecule has 0 unspecified atom stereocenters. The number of hydrogen-bond acceptors (Lipinski definition) is 5. The lowest BCUT2D eigenvalue weighted by Gasteiger charge is -2.16. The summed E-state index contributed by atoms with van der Waals surface area (Å²) in [6.07, 6.45) is 1.41. The average molecular weight is 389 g/mol. The van der Waals surface area contributed by atoms with Gasteiger partial charge in [-0.1, -0.05) is 50.2 Å². The lowest BCUT2D eigenvalue weighted by atomic mass is 10.0. The Morgan fingerprint density at radius 2 is 1.93 bits per heavy atom. The molecule has 1 aromatic heterocycles. The van der Waals surface area contributed by atoms with Crippen molar-refractivity contribution in [3.8, 4) is 11.4 Å². The van der Waals surface area contributed by atoms with Crippen LogP contribution in [0.1, 0.15) is 48.5 Å². The van der Waals surface area contributed by atoms with E-state index in [1.807, 2.05) is 18.2 Å². The number of nitrogens with zero attached hydrogens (tertiary/aromatic N) is 5. The molecule has 1 fully saturated rings. The number of Topliss-reactive ketones (excluding diaryl/α,β-unsaturated/α-hetero) is 1. The molecule has 29 heavy (non-hydrogen) atoms. The first-order chi connectivity index (χ1) is 14.0. The van der Waals surface area contributed by atoms with E-state index in [0.29, 0.717) is 30.3 Å². The van der Waals surface area contributed by atoms with Crippen LogP contribution < -0.4 is 4.90 Å². The number of anilines is 1. The van der Waals surface area contributed by atoms with Crippen LogP contribution in [0.15, 0.2) is 48.5 Å². The number of amides is 1. The van der Waals surface area contributed by atoms with Crippen LogP contribution >= 0.6 is 0 Å². The van der Waals surface area contributed by atoms with Gasteiger partial charge in [-0.2, -0.15) is 4.80 Å². The van der Waals surface area contributed by atoms with Gasteiger partial charge in [-0.15, -0.1) is 10.2 Å². The number of rotatable bonds is 6. The van der Waals surface area contributed by atoms with Crippen molar-refractivity contribution in [2.45, 2.75) is 39.2 Å². The third kappa shape index (κ3) is 4.08. The summed E-state index contributed by atoms with van der Waals surface area (Å²) in [5.74, 6) is 0.916. The highest BCUT2D eigenvalue weighted by Gasteiger charge is 2.22. The number of hydrogen-bond donors (Lipinski definition) is 0. The highest BCUT2D eigenvalue weighted by Crippen LogP contribution is 2.23. The van der Waals surface area contributed by atoms with Gasteiger partial charge in [0.15, 0.2) is 5.78 Å². The number of carbonyl (C=O) groups excluding carboxylic acids is 2. The molecule has 148 valence electrons. The minimum atomic E-state index is -0.127. The van der Waals surface area contributed by atoms with Crippen molar-refractivity contribution in [1.29, 1.82) is 0 Å². The first-order valence-electron chi connectivity index (χ1n) is 9.83. The third-order valence-electron chi connectivity index (χ3n) is 5.13. The molecule has 4 rings (SSSR count). The second kappa shape index (κ2) is 7.95. The minimum absolute atomic E-state index is 0.00548. The Bertz CT molecular complexity index is 1040. The number of aromatic nitrogens is 4. The molecule has 7 heteroatoms. The fourth-order valence-corrected chi connectivity index (χ4v) is 3.43. The second-order valence-corrected chi connectivity index (χ2v) is 7.54. The van der Waals surface area contributed by atoms with E-state index in [2.05, 4.69) is 41.4 Å². The molecule has 2 aromatic carbocycles. The third-order valence-corrected chi connectivity index (χ3v) is 5.13. The van der Waals surface area contributed by atoms with Crippen LogP contribution in [0, 0.1) is 0 Å². The van der Waals surface area contributed by atoms with Gasteiger partial charge < -0.3 is 4.90 Å². The normalized spacial score (nSPS) is 14.0. The molecule has 1 aliphatic heterocycles. The molecule has 0 bridgehead atoms. The van der Waals surface area contributed by atoms with E-state index >= 15 is 0 Å². The lowest BCUT2D eigenvalue weighted by molar-refractivity contribution is -0.117. The van der Waals surface area contributed by atoms with Crippen molar-refractivity contribution in [2.75, 3.05) is 11.4 Å². The van der Waals surface area contributed by atoms with Crippen molar-refractivity contribution in [1.82, 2.24) is 20.2 Å². The van der Waals surface area contributed by atoms with E-state index in [1.165, 1.54) is 10.4 Å². The number of tetrazole rings is 1. The molecular weight excluding hydrogens is 366 g/mol. The standard InChI is InChI=1S/C22H23N5O2/c1-15(2)16-8-10-17(11-9-16)22-23-25-27(24-22)14-20(28)18-5-3-6-19(13-18)26-12-4-7-21(26)29/h3,5-6,8-11,13,15H,4,7,12,14H2,1-2H3. The van der Waals surface area contributed by atoms with Gasteiger partial charge in [-0.25, -0.2) is 0 Å². The maximum absolute atomic E-state index is 12.7. The van der Waals surface area contributed by atoms with Crippen molar-refractivity contribution in [2.24, 2.45) is 0 Å². The summed E-state index contributed by atoms with van der Waals surface area (Å²) in [7, 11) is 0. The van der Waals surface area contributed by atoms with Crippen molar-refractivity contribution >= 4 is 17.4 Å². The number of ketones is 1. The van der Waals surface area contributed by atoms with Gasteiger partial charge in [0, 0.05) is 29.8 Å². The number of benzene rings is 2. The van der Waals surface area contributed by atoms with E-state index < -0.39 is 0 Å². The Morgan fingerprint density at radius 3 is 2.62 bits per heavy atom. The highest BCUT2D eigenvalue weighted by molar-refractivity contribution is 5.99. The molecule has 3 aromatic rings. The van der Waals surface area contributed by atoms with Crippen LogP contribution in [0.3, 0.4) is 0 Å². The second-order valence-electron chi connectivity index (χ2n) is 7.54. The predicted octanol–water partition coefficient (Wildman–Crippen LogP) is 3.47. The number of carbonyl (C=O) groups is 2. The van der Waals surface area contributed by atoms with Crippen LogP contribution in [0.5, 0.6) is 0 Å². The molecule has 7 nitrogen and oxygen atoms in total. The fourth-order valence-electron chi connectivity index (χ4n) is 3.43. The summed E-state index contributed by atoms with van der Waals surface area (Å²) in [6.45, 7) is 4.97. The Labute approximate surface area is 169 Å². The van der Waals surface area contributed by atoms with E-state index in [4.69, 9.17) is 0 Å². The first kappa shape index (κ1) is 19.0. The van der Waals surface area contributed by atoms with Crippen LogP contribution in [-0.2, 0) is 11.3 Å². The smallest absolute Gasteiger partial charge is 0.227 e. The maximum Gasteiger partial charge on any atom is 0.227 e. The van der Waals surface area contributed by atoms with Gasteiger partial charge in [0.05, 0.1) is 0 Å². The Balaban J connectivity index is 1.47. The maximum atomic E-state index is 12.7. The zero-order chi connectivity index (χ0) is 20.4. The van der Waals surface area contributed by atoms with Gasteiger partial charge in [0.25, 0.3) is 0 Å². The van der Waals surface area contributed by atoms with E-state index in [-0.39, 0.29) is 18.2 Å². The highest BCUT2D eigenvalue weighted by atomic mass is 16.2. The molecule has 0 N–H and O–H groups in total. The van der Waals surface area contributed by atoms with Crippen molar-refractivity contribution in [3.05, 3.63) is 59.7 Å². The summed E-state index contributed by atoms with van der Waals surface area (Å²) in [5, 5.41) is 12.4. The molecule has 0 saturated carbocycles. The van der Waals surface area contributed by atoms with Crippen molar-refractivity contribution in [3.63, 3.8) is 0 Å². The Kier molecular flexibility index (Phi) is 5.20. The molecule has 0 atom stereocenters. The molecule has 0 spiro atoms. The summed E-state index contributed by atoms with van der Waals surface area (Å²) >= 11 is 0. The fraction of sp³-hybridized carbons (Fsp3) is 0.318. The van der Waals surface area contributed by atoms with Crippen molar-refractivity contribution < 1.29 is 9.59 Å². The molecule has 0 radical (unpaired) electrons. The van der Waals surface area contributed by atoms with Gasteiger partial charge >= 0.3 is 0 Å². The predicted molar refractivity (Wildman–Crippen MR) is 110 cm³/mol. The first-order valence-corrected chi connectivity index (χ1v) is 9.83. The summed E-state index contributed by atoms with van der Waals surface area (Å²) in [4.78, 5) is 27.7. The van der Waals surface area contributed by atoms with Gasteiger partial charge in [0.1, 0.15) is 6.54 Å². The van der Waals surface area contributed by atoms with Gasteiger partial charge in [-0.05, 0) is 35.2 Å². The lowest BCUT2D eigenvalue weighted by Crippen LogP contribution is -2.24. The zero-order valence-corrected chi connectivity index (χ0v) is 16.6. The van der Waals surface area contributed by atoms with E-state index in [0.717, 1.165) is 17.7 Å². The SMILES string of the molecule is CC(C)c1ccc(-c2nnn(CC(=O)c3cccc(N4CCCC4=O)c3)n2)cc1. The molecular formula is C22H23N5O2. The molecule has 1 saturated heterocycles. The van der Waals surface area contributed by atoms with E-state index in [9.17, 15) is 9.59 Å².